The number of hydrogen-bond donors (Lipinski definition) is 1. The van der Waals surface area contributed by atoms with Crippen molar-refractivity contribution in [1.82, 2.24) is 5.32 Å². The van der Waals surface area contributed by atoms with Gasteiger partial charge in [-0.2, -0.15) is 0 Å². The molecule has 1 aromatic carbocycles. The standard InChI is InChI=1S/C15H22BrNO/c1-4-6-10-18-15-11-13(16)7-8-14(15)12(3)17-9-5-2/h4,7-8,11-12,17H,1,5-6,9-10H2,2-3H3. The Morgan fingerprint density at radius 1 is 1.50 bits per heavy atom. The lowest BCUT2D eigenvalue weighted by atomic mass is 10.1. The predicted molar refractivity (Wildman–Crippen MR) is 81.2 cm³/mol. The summed E-state index contributed by atoms with van der Waals surface area (Å²) in [4.78, 5) is 0. The summed E-state index contributed by atoms with van der Waals surface area (Å²) in [5.74, 6) is 0.947. The van der Waals surface area contributed by atoms with Crippen molar-refractivity contribution in [3.05, 3.63) is 40.9 Å². The lowest BCUT2D eigenvalue weighted by Crippen LogP contribution is -2.20. The fourth-order valence-corrected chi connectivity index (χ4v) is 2.05. The minimum Gasteiger partial charge on any atom is -0.493 e. The number of benzene rings is 1. The third-order valence-corrected chi connectivity index (χ3v) is 3.22. The Labute approximate surface area is 119 Å². The van der Waals surface area contributed by atoms with E-state index in [4.69, 9.17) is 4.74 Å². The molecule has 0 aliphatic carbocycles. The molecule has 0 radical (unpaired) electrons. The Balaban J connectivity index is 2.77. The SMILES string of the molecule is C=CCCOc1cc(Br)ccc1C(C)NCCC. The van der Waals surface area contributed by atoms with Crippen LogP contribution in [0.1, 0.15) is 38.3 Å². The van der Waals surface area contributed by atoms with E-state index >= 15 is 0 Å². The van der Waals surface area contributed by atoms with Crippen molar-refractivity contribution < 1.29 is 4.74 Å². The van der Waals surface area contributed by atoms with Crippen molar-refractivity contribution in [2.75, 3.05) is 13.2 Å². The molecule has 1 N–H and O–H groups in total. The molecule has 0 saturated heterocycles. The second-order valence-electron chi connectivity index (χ2n) is 4.28. The summed E-state index contributed by atoms with van der Waals surface area (Å²) < 4.78 is 6.86. The van der Waals surface area contributed by atoms with Crippen molar-refractivity contribution in [3.63, 3.8) is 0 Å². The van der Waals surface area contributed by atoms with Gasteiger partial charge in [0, 0.05) is 16.1 Å². The molecule has 18 heavy (non-hydrogen) atoms. The van der Waals surface area contributed by atoms with Crippen LogP contribution in [-0.2, 0) is 0 Å². The molecule has 3 heteroatoms. The predicted octanol–water partition coefficient (Wildman–Crippen LogP) is 4.46. The normalized spacial score (nSPS) is 12.2. The molecule has 0 aromatic heterocycles. The van der Waals surface area contributed by atoms with Crippen molar-refractivity contribution >= 4 is 15.9 Å². The number of rotatable bonds is 8. The molecule has 0 fully saturated rings. The summed E-state index contributed by atoms with van der Waals surface area (Å²) in [6.07, 6.45) is 3.87. The van der Waals surface area contributed by atoms with Gasteiger partial charge in [-0.25, -0.2) is 0 Å². The van der Waals surface area contributed by atoms with Crippen LogP contribution in [0, 0.1) is 0 Å². The van der Waals surface area contributed by atoms with E-state index in [2.05, 4.69) is 53.8 Å². The van der Waals surface area contributed by atoms with Crippen molar-refractivity contribution in [3.8, 4) is 5.75 Å². The summed E-state index contributed by atoms with van der Waals surface area (Å²) in [6.45, 7) is 9.73. The Hall–Kier alpha value is -0.800. The van der Waals surface area contributed by atoms with Gasteiger partial charge in [-0.05, 0) is 38.4 Å². The first kappa shape index (κ1) is 15.3. The number of nitrogens with one attached hydrogen (secondary N) is 1. The lowest BCUT2D eigenvalue weighted by Gasteiger charge is -2.18. The van der Waals surface area contributed by atoms with E-state index in [0.717, 1.165) is 29.6 Å². The molecule has 0 spiro atoms. The molecular formula is C15H22BrNO. The van der Waals surface area contributed by atoms with Crippen LogP contribution >= 0.6 is 15.9 Å². The van der Waals surface area contributed by atoms with E-state index in [9.17, 15) is 0 Å². The number of halogens is 1. The van der Waals surface area contributed by atoms with Gasteiger partial charge in [0.1, 0.15) is 5.75 Å². The highest BCUT2D eigenvalue weighted by Gasteiger charge is 2.11. The molecule has 1 unspecified atom stereocenters. The van der Waals surface area contributed by atoms with Crippen LogP contribution in [0.2, 0.25) is 0 Å². The first-order valence-corrected chi connectivity index (χ1v) is 7.24. The third-order valence-electron chi connectivity index (χ3n) is 2.72. The molecule has 100 valence electrons. The van der Waals surface area contributed by atoms with Gasteiger partial charge in [-0.1, -0.05) is 35.0 Å². The zero-order valence-corrected chi connectivity index (χ0v) is 12.8. The zero-order valence-electron chi connectivity index (χ0n) is 11.2. The quantitative estimate of drug-likeness (QED) is 0.565. The van der Waals surface area contributed by atoms with E-state index < -0.39 is 0 Å². The fraction of sp³-hybridized carbons (Fsp3) is 0.467. The molecule has 0 aliphatic heterocycles. The minimum absolute atomic E-state index is 0.303. The second-order valence-corrected chi connectivity index (χ2v) is 5.20. The monoisotopic (exact) mass is 311 g/mol. The first-order chi connectivity index (χ1) is 8.69. The highest BCUT2D eigenvalue weighted by Crippen LogP contribution is 2.28. The van der Waals surface area contributed by atoms with Crippen LogP contribution in [0.4, 0.5) is 0 Å². The second kappa shape index (κ2) is 8.33. The molecule has 0 aliphatic rings. The van der Waals surface area contributed by atoms with E-state index in [0.29, 0.717) is 12.6 Å². The first-order valence-electron chi connectivity index (χ1n) is 6.45. The van der Waals surface area contributed by atoms with E-state index in [1.165, 1.54) is 5.56 Å². The van der Waals surface area contributed by atoms with Gasteiger partial charge in [0.15, 0.2) is 0 Å². The summed E-state index contributed by atoms with van der Waals surface area (Å²) >= 11 is 3.49. The fourth-order valence-electron chi connectivity index (χ4n) is 1.71. The topological polar surface area (TPSA) is 21.3 Å². The van der Waals surface area contributed by atoms with Crippen molar-refractivity contribution in [2.45, 2.75) is 32.7 Å². The zero-order chi connectivity index (χ0) is 13.4. The Bertz CT molecular complexity index is 379. The summed E-state index contributed by atoms with van der Waals surface area (Å²) in [6, 6.07) is 6.50. The van der Waals surface area contributed by atoms with Crippen LogP contribution in [-0.4, -0.2) is 13.2 Å². The lowest BCUT2D eigenvalue weighted by molar-refractivity contribution is 0.318. The summed E-state index contributed by atoms with van der Waals surface area (Å²) in [5, 5.41) is 3.48. The van der Waals surface area contributed by atoms with Crippen LogP contribution < -0.4 is 10.1 Å². The van der Waals surface area contributed by atoms with Gasteiger partial charge >= 0.3 is 0 Å². The van der Waals surface area contributed by atoms with E-state index in [1.807, 2.05) is 12.1 Å². The Kier molecular flexibility index (Phi) is 7.06. The molecule has 0 heterocycles. The average Bonchev–Trinajstić information content (AvgIpc) is 2.36. The van der Waals surface area contributed by atoms with Gasteiger partial charge in [0.25, 0.3) is 0 Å². The highest BCUT2D eigenvalue weighted by atomic mass is 79.9. The van der Waals surface area contributed by atoms with Gasteiger partial charge in [-0.3, -0.25) is 0 Å². The molecule has 0 amide bonds. The van der Waals surface area contributed by atoms with Crippen LogP contribution in [0.25, 0.3) is 0 Å². The van der Waals surface area contributed by atoms with Crippen LogP contribution in [0.3, 0.4) is 0 Å². The smallest absolute Gasteiger partial charge is 0.125 e. The van der Waals surface area contributed by atoms with Crippen LogP contribution in [0.15, 0.2) is 35.3 Å². The molecule has 1 atom stereocenters. The maximum Gasteiger partial charge on any atom is 0.125 e. The molecule has 0 saturated carbocycles. The van der Waals surface area contributed by atoms with E-state index in [1.54, 1.807) is 0 Å². The van der Waals surface area contributed by atoms with Gasteiger partial charge in [0.05, 0.1) is 6.61 Å². The summed E-state index contributed by atoms with van der Waals surface area (Å²) in [5.41, 5.74) is 1.20. The number of hydrogen-bond acceptors (Lipinski definition) is 2. The van der Waals surface area contributed by atoms with Crippen molar-refractivity contribution in [2.24, 2.45) is 0 Å². The number of ether oxygens (including phenoxy) is 1. The highest BCUT2D eigenvalue weighted by molar-refractivity contribution is 9.10. The Morgan fingerprint density at radius 3 is 2.94 bits per heavy atom. The Morgan fingerprint density at radius 2 is 2.28 bits per heavy atom. The van der Waals surface area contributed by atoms with Gasteiger partial charge in [-0.15, -0.1) is 6.58 Å². The van der Waals surface area contributed by atoms with E-state index in [-0.39, 0.29) is 0 Å². The third kappa shape index (κ3) is 4.83. The maximum absolute atomic E-state index is 5.82. The van der Waals surface area contributed by atoms with Gasteiger partial charge < -0.3 is 10.1 Å². The molecule has 1 rings (SSSR count). The summed E-state index contributed by atoms with van der Waals surface area (Å²) in [7, 11) is 0. The molecular weight excluding hydrogens is 290 g/mol. The van der Waals surface area contributed by atoms with Gasteiger partial charge in [0.2, 0.25) is 0 Å². The van der Waals surface area contributed by atoms with Crippen LogP contribution in [0.5, 0.6) is 5.75 Å². The maximum atomic E-state index is 5.82. The molecule has 2 nitrogen and oxygen atoms in total. The molecule has 0 bridgehead atoms. The minimum atomic E-state index is 0.303. The largest absolute Gasteiger partial charge is 0.493 e. The molecule has 1 aromatic rings. The van der Waals surface area contributed by atoms with Crippen molar-refractivity contribution in [1.29, 1.82) is 0 Å². The average molecular weight is 312 g/mol.